The molecule has 2 saturated heterocycles. The fourth-order valence-electron chi connectivity index (χ4n) is 3.57. The molecular formula is C16H25N3O5. The van der Waals surface area contributed by atoms with Gasteiger partial charge in [0.1, 0.15) is 12.1 Å². The second-order valence-electron chi connectivity index (χ2n) is 6.90. The van der Waals surface area contributed by atoms with Gasteiger partial charge in [0.25, 0.3) is 5.91 Å². The van der Waals surface area contributed by atoms with Gasteiger partial charge in [-0.3, -0.25) is 14.5 Å². The minimum atomic E-state index is -0.769. The van der Waals surface area contributed by atoms with Crippen LogP contribution in [0.3, 0.4) is 0 Å². The number of carbonyl (C=O) groups excluding carboxylic acids is 3. The molecule has 2 atom stereocenters. The van der Waals surface area contributed by atoms with Crippen molar-refractivity contribution < 1.29 is 23.9 Å². The molecule has 3 aliphatic rings. The maximum atomic E-state index is 12.5. The highest BCUT2D eigenvalue weighted by Gasteiger charge is 2.52. The van der Waals surface area contributed by atoms with E-state index in [0.29, 0.717) is 32.7 Å². The number of rotatable bonds is 6. The maximum absolute atomic E-state index is 12.5. The highest BCUT2D eigenvalue weighted by Crippen LogP contribution is 2.34. The third-order valence-corrected chi connectivity index (χ3v) is 4.88. The van der Waals surface area contributed by atoms with Crippen molar-refractivity contribution in [3.63, 3.8) is 0 Å². The Balaban J connectivity index is 1.45. The topological polar surface area (TPSA) is 97.0 Å². The number of carbonyl (C=O) groups is 3. The van der Waals surface area contributed by atoms with E-state index in [2.05, 4.69) is 10.6 Å². The third-order valence-electron chi connectivity index (χ3n) is 4.88. The number of imide groups is 1. The molecule has 0 bridgehead atoms. The van der Waals surface area contributed by atoms with Gasteiger partial charge in [-0.05, 0) is 26.2 Å². The summed E-state index contributed by atoms with van der Waals surface area (Å²) >= 11 is 0. The van der Waals surface area contributed by atoms with E-state index in [1.165, 1.54) is 0 Å². The minimum Gasteiger partial charge on any atom is -0.379 e. The third kappa shape index (κ3) is 3.54. The summed E-state index contributed by atoms with van der Waals surface area (Å²) in [6.07, 6.45) is 4.10. The summed E-state index contributed by atoms with van der Waals surface area (Å²) in [4.78, 5) is 37.7. The van der Waals surface area contributed by atoms with Gasteiger partial charge < -0.3 is 20.1 Å². The van der Waals surface area contributed by atoms with Crippen LogP contribution >= 0.6 is 0 Å². The van der Waals surface area contributed by atoms with E-state index in [1.807, 2.05) is 6.92 Å². The van der Waals surface area contributed by atoms with Crippen LogP contribution in [0, 0.1) is 0 Å². The molecule has 8 heteroatoms. The van der Waals surface area contributed by atoms with E-state index in [1.54, 1.807) is 0 Å². The highest BCUT2D eigenvalue weighted by atomic mass is 16.5. The molecular weight excluding hydrogens is 314 g/mol. The van der Waals surface area contributed by atoms with Crippen LogP contribution in [-0.4, -0.2) is 66.8 Å². The minimum absolute atomic E-state index is 0.0810. The normalized spacial score (nSPS) is 26.9. The molecule has 2 heterocycles. The highest BCUT2D eigenvalue weighted by molar-refractivity contribution is 6.09. The molecule has 0 aromatic carbocycles. The van der Waals surface area contributed by atoms with Crippen molar-refractivity contribution in [1.29, 1.82) is 0 Å². The van der Waals surface area contributed by atoms with E-state index < -0.39 is 11.6 Å². The van der Waals surface area contributed by atoms with E-state index in [0.717, 1.165) is 24.2 Å². The molecule has 0 aromatic heterocycles. The van der Waals surface area contributed by atoms with Gasteiger partial charge in [0, 0.05) is 12.6 Å². The molecule has 0 aromatic rings. The quantitative estimate of drug-likeness (QED) is 0.672. The van der Waals surface area contributed by atoms with Crippen molar-refractivity contribution in [1.82, 2.24) is 15.5 Å². The first-order chi connectivity index (χ1) is 11.5. The van der Waals surface area contributed by atoms with Gasteiger partial charge in [-0.15, -0.1) is 0 Å². The Morgan fingerprint density at radius 1 is 1.46 bits per heavy atom. The summed E-state index contributed by atoms with van der Waals surface area (Å²) in [6.45, 7) is 3.26. The molecule has 24 heavy (non-hydrogen) atoms. The predicted octanol–water partition coefficient (Wildman–Crippen LogP) is 0.161. The van der Waals surface area contributed by atoms with Crippen LogP contribution in [0.25, 0.3) is 0 Å². The summed E-state index contributed by atoms with van der Waals surface area (Å²) in [7, 11) is 0. The van der Waals surface area contributed by atoms with Gasteiger partial charge in [0.15, 0.2) is 0 Å². The molecule has 2 N–H and O–H groups in total. The molecule has 0 unspecified atom stereocenters. The number of amides is 4. The second kappa shape index (κ2) is 7.06. The van der Waals surface area contributed by atoms with Crippen LogP contribution in [0.15, 0.2) is 0 Å². The summed E-state index contributed by atoms with van der Waals surface area (Å²) in [5.41, 5.74) is -0.769. The first kappa shape index (κ1) is 17.2. The standard InChI is InChI=1S/C16H25N3O5/c1-11(9-24-12-4-7-23-10-12)17-13(20)8-19-14(21)16(18-15(19)22)5-2-3-6-16/h11-12H,2-10H2,1H3,(H,17,20)(H,18,22)/t11-,12-/m1/s1. The SMILES string of the molecule is C[C@H](CO[C@@H]1CCOC1)NC(=O)CN1C(=O)NC2(CCCC2)C1=O. The lowest BCUT2D eigenvalue weighted by Gasteiger charge is -2.21. The number of urea groups is 1. The molecule has 4 amide bonds. The fourth-order valence-corrected chi connectivity index (χ4v) is 3.57. The molecule has 2 aliphatic heterocycles. The van der Waals surface area contributed by atoms with E-state index >= 15 is 0 Å². The van der Waals surface area contributed by atoms with Gasteiger partial charge in [-0.2, -0.15) is 0 Å². The Morgan fingerprint density at radius 2 is 2.21 bits per heavy atom. The summed E-state index contributed by atoms with van der Waals surface area (Å²) in [5.74, 6) is -0.625. The number of nitrogens with one attached hydrogen (secondary N) is 2. The van der Waals surface area contributed by atoms with Crippen molar-refractivity contribution in [3.05, 3.63) is 0 Å². The van der Waals surface area contributed by atoms with Crippen molar-refractivity contribution in [2.75, 3.05) is 26.4 Å². The summed E-state index contributed by atoms with van der Waals surface area (Å²) in [5, 5.41) is 5.54. The van der Waals surface area contributed by atoms with Crippen LogP contribution in [-0.2, 0) is 19.1 Å². The average molecular weight is 339 g/mol. The summed E-state index contributed by atoms with van der Waals surface area (Å²) < 4.78 is 10.9. The van der Waals surface area contributed by atoms with Gasteiger partial charge in [-0.25, -0.2) is 4.79 Å². The Bertz CT molecular complexity index is 512. The zero-order chi connectivity index (χ0) is 17.2. The molecule has 1 aliphatic carbocycles. The zero-order valence-electron chi connectivity index (χ0n) is 14.0. The number of ether oxygens (including phenoxy) is 2. The van der Waals surface area contributed by atoms with E-state index in [4.69, 9.17) is 9.47 Å². The molecule has 8 nitrogen and oxygen atoms in total. The average Bonchev–Trinajstić information content (AvgIpc) is 3.25. The molecule has 3 rings (SSSR count). The molecule has 1 saturated carbocycles. The van der Waals surface area contributed by atoms with Crippen LogP contribution in [0.1, 0.15) is 39.0 Å². The number of hydrogen-bond acceptors (Lipinski definition) is 5. The van der Waals surface area contributed by atoms with Gasteiger partial charge in [-0.1, -0.05) is 12.8 Å². The lowest BCUT2D eigenvalue weighted by atomic mass is 9.98. The Kier molecular flexibility index (Phi) is 5.05. The number of nitrogens with zero attached hydrogens (tertiary/aromatic N) is 1. The van der Waals surface area contributed by atoms with E-state index in [-0.39, 0.29) is 30.5 Å². The first-order valence-corrected chi connectivity index (χ1v) is 8.63. The smallest absolute Gasteiger partial charge is 0.325 e. The Morgan fingerprint density at radius 3 is 2.88 bits per heavy atom. The van der Waals surface area contributed by atoms with Crippen molar-refractivity contribution in [2.45, 2.75) is 56.7 Å². The lowest BCUT2D eigenvalue weighted by Crippen LogP contribution is -2.47. The molecule has 1 spiro atoms. The van der Waals surface area contributed by atoms with Gasteiger partial charge in [0.2, 0.25) is 5.91 Å². The number of hydrogen-bond donors (Lipinski definition) is 2. The van der Waals surface area contributed by atoms with Crippen molar-refractivity contribution in [2.24, 2.45) is 0 Å². The Hall–Kier alpha value is -1.67. The van der Waals surface area contributed by atoms with Crippen LogP contribution in [0.2, 0.25) is 0 Å². The summed E-state index contributed by atoms with van der Waals surface area (Å²) in [6, 6.07) is -0.664. The first-order valence-electron chi connectivity index (χ1n) is 8.63. The maximum Gasteiger partial charge on any atom is 0.325 e. The zero-order valence-corrected chi connectivity index (χ0v) is 14.0. The van der Waals surface area contributed by atoms with Gasteiger partial charge >= 0.3 is 6.03 Å². The molecule has 3 fully saturated rings. The van der Waals surface area contributed by atoms with Crippen LogP contribution in [0.5, 0.6) is 0 Å². The fraction of sp³-hybridized carbons (Fsp3) is 0.812. The van der Waals surface area contributed by atoms with Crippen LogP contribution < -0.4 is 10.6 Å². The van der Waals surface area contributed by atoms with Crippen molar-refractivity contribution in [3.8, 4) is 0 Å². The molecule has 134 valence electrons. The van der Waals surface area contributed by atoms with E-state index in [9.17, 15) is 14.4 Å². The monoisotopic (exact) mass is 339 g/mol. The van der Waals surface area contributed by atoms with Gasteiger partial charge in [0.05, 0.1) is 19.3 Å². The second-order valence-corrected chi connectivity index (χ2v) is 6.90. The molecule has 0 radical (unpaired) electrons. The largest absolute Gasteiger partial charge is 0.379 e. The van der Waals surface area contributed by atoms with Crippen LogP contribution in [0.4, 0.5) is 4.79 Å². The lowest BCUT2D eigenvalue weighted by molar-refractivity contribution is -0.135. The predicted molar refractivity (Wildman–Crippen MR) is 84.2 cm³/mol. The Labute approximate surface area is 141 Å². The van der Waals surface area contributed by atoms with Crippen molar-refractivity contribution >= 4 is 17.8 Å².